The van der Waals surface area contributed by atoms with Gasteiger partial charge in [0.25, 0.3) is 0 Å². The lowest BCUT2D eigenvalue weighted by Crippen LogP contribution is -2.29. The molecule has 0 saturated carbocycles. The zero-order valence-electron chi connectivity index (χ0n) is 11.8. The molecule has 4 heteroatoms. The molecule has 0 aliphatic rings. The highest BCUT2D eigenvalue weighted by molar-refractivity contribution is 5.78. The average Bonchev–Trinajstić information content (AvgIpc) is 2.89. The zero-order valence-corrected chi connectivity index (χ0v) is 11.8. The smallest absolute Gasteiger partial charge is 0.134 e. The Morgan fingerprint density at radius 2 is 2.00 bits per heavy atom. The Bertz CT molecular complexity index is 766. The lowest BCUT2D eigenvalue weighted by molar-refractivity contribution is 0.434. The molecule has 3 aromatic rings. The summed E-state index contributed by atoms with van der Waals surface area (Å²) in [6.45, 7) is 2.07. The second kappa shape index (κ2) is 5.68. The molecule has 3 N–H and O–H groups in total. The van der Waals surface area contributed by atoms with Crippen molar-refractivity contribution >= 4 is 11.0 Å². The number of hydrogen-bond donors (Lipinski definition) is 2. The van der Waals surface area contributed by atoms with Gasteiger partial charge in [-0.2, -0.15) is 0 Å². The van der Waals surface area contributed by atoms with E-state index in [1.807, 2.05) is 18.2 Å². The first kappa shape index (κ1) is 13.8. The number of benzene rings is 2. The third-order valence-corrected chi connectivity index (χ3v) is 3.73. The minimum Gasteiger partial charge on any atom is -0.459 e. The van der Waals surface area contributed by atoms with Crippen LogP contribution in [-0.2, 0) is 6.42 Å². The van der Waals surface area contributed by atoms with Gasteiger partial charge in [-0.1, -0.05) is 24.3 Å². The van der Waals surface area contributed by atoms with Gasteiger partial charge in [0.2, 0.25) is 0 Å². The van der Waals surface area contributed by atoms with Crippen molar-refractivity contribution in [3.05, 3.63) is 71.2 Å². The number of nitrogens with one attached hydrogen (secondary N) is 1. The molecule has 108 valence electrons. The molecule has 0 spiro atoms. The van der Waals surface area contributed by atoms with E-state index in [0.29, 0.717) is 17.8 Å². The van der Waals surface area contributed by atoms with E-state index in [1.165, 1.54) is 23.3 Å². The van der Waals surface area contributed by atoms with Crippen molar-refractivity contribution in [2.75, 3.05) is 0 Å². The summed E-state index contributed by atoms with van der Waals surface area (Å²) in [6.07, 6.45) is 0.714. The molecule has 0 amide bonds. The molecule has 0 fully saturated rings. The number of rotatable bonds is 4. The van der Waals surface area contributed by atoms with Crippen molar-refractivity contribution in [2.45, 2.75) is 19.4 Å². The molecule has 0 saturated heterocycles. The van der Waals surface area contributed by atoms with E-state index in [1.54, 1.807) is 6.07 Å². The maximum absolute atomic E-state index is 13.2. The molecule has 0 aliphatic carbocycles. The van der Waals surface area contributed by atoms with Crippen LogP contribution in [0.1, 0.15) is 22.9 Å². The number of nitrogens with two attached hydrogens (primary N) is 1. The minimum atomic E-state index is -0.272. The van der Waals surface area contributed by atoms with Crippen molar-refractivity contribution in [2.24, 2.45) is 5.84 Å². The molecule has 1 atom stereocenters. The van der Waals surface area contributed by atoms with Gasteiger partial charge >= 0.3 is 0 Å². The summed E-state index contributed by atoms with van der Waals surface area (Å²) in [7, 11) is 0. The molecule has 0 radical (unpaired) electrons. The lowest BCUT2D eigenvalue weighted by atomic mass is 10.00. The van der Waals surface area contributed by atoms with Crippen LogP contribution in [0, 0.1) is 12.7 Å². The topological polar surface area (TPSA) is 51.2 Å². The number of furan rings is 1. The number of fused-ring (bicyclic) bond motifs is 1. The monoisotopic (exact) mass is 284 g/mol. The fourth-order valence-corrected chi connectivity index (χ4v) is 2.51. The Morgan fingerprint density at radius 1 is 1.19 bits per heavy atom. The predicted molar refractivity (Wildman–Crippen MR) is 81.1 cm³/mol. The number of hydrogen-bond acceptors (Lipinski definition) is 3. The average molecular weight is 284 g/mol. The van der Waals surface area contributed by atoms with Crippen LogP contribution in [0.3, 0.4) is 0 Å². The molecule has 1 aromatic heterocycles. The summed E-state index contributed by atoms with van der Waals surface area (Å²) in [6, 6.07) is 14.3. The number of aryl methyl sites for hydroxylation is 1. The summed E-state index contributed by atoms with van der Waals surface area (Å²) < 4.78 is 19.0. The van der Waals surface area contributed by atoms with Crippen LogP contribution in [0.2, 0.25) is 0 Å². The number of hydrazine groups is 1. The normalized spacial score (nSPS) is 12.7. The lowest BCUT2D eigenvalue weighted by Gasteiger charge is -2.14. The van der Waals surface area contributed by atoms with Crippen LogP contribution in [-0.4, -0.2) is 0 Å². The van der Waals surface area contributed by atoms with Gasteiger partial charge in [0.15, 0.2) is 0 Å². The third kappa shape index (κ3) is 2.82. The van der Waals surface area contributed by atoms with Gasteiger partial charge in [-0.05, 0) is 48.7 Å². The maximum Gasteiger partial charge on any atom is 0.134 e. The first-order valence-corrected chi connectivity index (χ1v) is 6.87. The van der Waals surface area contributed by atoms with Gasteiger partial charge in [0.1, 0.15) is 17.2 Å². The molecule has 21 heavy (non-hydrogen) atoms. The Morgan fingerprint density at radius 3 is 2.76 bits per heavy atom. The second-order valence-electron chi connectivity index (χ2n) is 5.18. The molecule has 0 bridgehead atoms. The fraction of sp³-hybridized carbons (Fsp3) is 0.176. The summed E-state index contributed by atoms with van der Waals surface area (Å²) >= 11 is 0. The van der Waals surface area contributed by atoms with E-state index in [-0.39, 0.29) is 11.9 Å². The van der Waals surface area contributed by atoms with Gasteiger partial charge in [-0.25, -0.2) is 9.82 Å². The van der Waals surface area contributed by atoms with Crippen molar-refractivity contribution in [1.82, 2.24) is 5.43 Å². The Labute approximate surface area is 122 Å². The van der Waals surface area contributed by atoms with Crippen LogP contribution < -0.4 is 11.3 Å². The highest BCUT2D eigenvalue weighted by Crippen LogP contribution is 2.27. The fourth-order valence-electron chi connectivity index (χ4n) is 2.51. The van der Waals surface area contributed by atoms with Gasteiger partial charge in [0, 0.05) is 5.39 Å². The standard InChI is InChI=1S/C17H17FN2O/c1-11-4-2-3-5-12(11)9-15(20-19)17-10-13-8-14(18)6-7-16(13)21-17/h2-8,10,15,20H,9,19H2,1H3. The first-order valence-electron chi connectivity index (χ1n) is 6.87. The minimum absolute atomic E-state index is 0.151. The molecule has 1 heterocycles. The molecule has 2 aromatic carbocycles. The molecular formula is C17H17FN2O. The molecule has 0 aliphatic heterocycles. The predicted octanol–water partition coefficient (Wildman–Crippen LogP) is 3.63. The van der Waals surface area contributed by atoms with Gasteiger partial charge in [0.05, 0.1) is 6.04 Å². The van der Waals surface area contributed by atoms with E-state index in [4.69, 9.17) is 10.3 Å². The van der Waals surface area contributed by atoms with Gasteiger partial charge in [-0.3, -0.25) is 5.84 Å². The molecule has 3 nitrogen and oxygen atoms in total. The SMILES string of the molecule is Cc1ccccc1CC(NN)c1cc2cc(F)ccc2o1. The van der Waals surface area contributed by atoms with Crippen LogP contribution in [0.5, 0.6) is 0 Å². The van der Waals surface area contributed by atoms with Crippen molar-refractivity contribution in [3.63, 3.8) is 0 Å². The number of halogens is 1. The highest BCUT2D eigenvalue weighted by atomic mass is 19.1. The van der Waals surface area contributed by atoms with Crippen molar-refractivity contribution < 1.29 is 8.81 Å². The van der Waals surface area contributed by atoms with Gasteiger partial charge in [-0.15, -0.1) is 0 Å². The highest BCUT2D eigenvalue weighted by Gasteiger charge is 2.16. The van der Waals surface area contributed by atoms with Crippen LogP contribution in [0.4, 0.5) is 4.39 Å². The van der Waals surface area contributed by atoms with E-state index < -0.39 is 0 Å². The molecule has 3 rings (SSSR count). The van der Waals surface area contributed by atoms with E-state index >= 15 is 0 Å². The second-order valence-corrected chi connectivity index (χ2v) is 5.18. The van der Waals surface area contributed by atoms with Crippen LogP contribution >= 0.6 is 0 Å². The van der Waals surface area contributed by atoms with Gasteiger partial charge < -0.3 is 4.42 Å². The summed E-state index contributed by atoms with van der Waals surface area (Å²) in [5.74, 6) is 6.11. The summed E-state index contributed by atoms with van der Waals surface area (Å²) in [5, 5.41) is 0.745. The summed E-state index contributed by atoms with van der Waals surface area (Å²) in [5.41, 5.74) is 5.85. The zero-order chi connectivity index (χ0) is 14.8. The van der Waals surface area contributed by atoms with Crippen LogP contribution in [0.25, 0.3) is 11.0 Å². The molecular weight excluding hydrogens is 267 g/mol. The Hall–Kier alpha value is -2.17. The largest absolute Gasteiger partial charge is 0.459 e. The molecule has 1 unspecified atom stereocenters. The van der Waals surface area contributed by atoms with E-state index in [2.05, 4.69) is 24.5 Å². The van der Waals surface area contributed by atoms with Crippen molar-refractivity contribution in [3.8, 4) is 0 Å². The van der Waals surface area contributed by atoms with E-state index in [9.17, 15) is 4.39 Å². The van der Waals surface area contributed by atoms with Crippen molar-refractivity contribution in [1.29, 1.82) is 0 Å². The Balaban J connectivity index is 1.93. The maximum atomic E-state index is 13.2. The van der Waals surface area contributed by atoms with E-state index in [0.717, 1.165) is 5.39 Å². The van der Waals surface area contributed by atoms with Crippen LogP contribution in [0.15, 0.2) is 52.9 Å². The first-order chi connectivity index (χ1) is 10.2. The Kier molecular flexibility index (Phi) is 3.73. The summed E-state index contributed by atoms with van der Waals surface area (Å²) in [4.78, 5) is 0. The quantitative estimate of drug-likeness (QED) is 0.568. The third-order valence-electron chi connectivity index (χ3n) is 3.73.